The Labute approximate surface area is 145 Å². The number of nitrogens with zero attached hydrogens (tertiary/aromatic N) is 2. The Kier molecular flexibility index (Phi) is 4.15. The molecule has 1 amide bonds. The number of aldehydes is 1. The van der Waals surface area contributed by atoms with Gasteiger partial charge in [-0.25, -0.2) is 0 Å². The monoisotopic (exact) mass is 341 g/mol. The lowest BCUT2D eigenvalue weighted by Gasteiger charge is -2.34. The molecular weight excluding hydrogens is 322 g/mol. The number of benzene rings is 1. The van der Waals surface area contributed by atoms with Crippen LogP contribution in [0.3, 0.4) is 0 Å². The first-order chi connectivity index (χ1) is 12.2. The van der Waals surface area contributed by atoms with Gasteiger partial charge in [-0.3, -0.25) is 14.5 Å². The predicted octanol–water partition coefficient (Wildman–Crippen LogP) is 1.51. The van der Waals surface area contributed by atoms with E-state index >= 15 is 0 Å². The molecule has 2 aliphatic heterocycles. The van der Waals surface area contributed by atoms with Crippen molar-refractivity contribution < 1.29 is 19.1 Å². The van der Waals surface area contributed by atoms with Gasteiger partial charge in [0.05, 0.1) is 0 Å². The molecule has 3 heterocycles. The molecule has 2 aromatic rings. The van der Waals surface area contributed by atoms with E-state index in [1.54, 1.807) is 12.3 Å². The van der Waals surface area contributed by atoms with E-state index in [-0.39, 0.29) is 12.7 Å². The summed E-state index contributed by atoms with van der Waals surface area (Å²) in [6, 6.07) is 7.59. The van der Waals surface area contributed by atoms with Crippen LogP contribution in [0.2, 0.25) is 0 Å². The van der Waals surface area contributed by atoms with Gasteiger partial charge in [0, 0.05) is 44.5 Å². The summed E-state index contributed by atoms with van der Waals surface area (Å²) >= 11 is 0. The van der Waals surface area contributed by atoms with E-state index in [0.29, 0.717) is 24.3 Å². The predicted molar refractivity (Wildman–Crippen MR) is 89.9 cm³/mol. The van der Waals surface area contributed by atoms with Crippen molar-refractivity contribution in [1.82, 2.24) is 14.8 Å². The molecule has 130 valence electrons. The topological polar surface area (TPSA) is 74.9 Å². The summed E-state index contributed by atoms with van der Waals surface area (Å²) in [6.45, 7) is 4.04. The molecule has 0 bridgehead atoms. The standard InChI is InChI=1S/C18H19N3O4/c22-11-14-7-15(19-9-14)18(23)21-5-3-20(4-6-21)10-13-1-2-16-17(8-13)25-12-24-16/h1-2,7-9,11,19H,3-6,10,12H2. The quantitative estimate of drug-likeness (QED) is 0.854. The molecule has 0 atom stereocenters. The van der Waals surface area contributed by atoms with Crippen molar-refractivity contribution in [1.29, 1.82) is 0 Å². The molecule has 0 radical (unpaired) electrons. The maximum absolute atomic E-state index is 12.5. The zero-order valence-corrected chi connectivity index (χ0v) is 13.7. The number of hydrogen-bond acceptors (Lipinski definition) is 5. The Hall–Kier alpha value is -2.80. The van der Waals surface area contributed by atoms with Gasteiger partial charge in [-0.2, -0.15) is 0 Å². The zero-order chi connectivity index (χ0) is 17.2. The third kappa shape index (κ3) is 3.23. The number of ether oxygens (including phenoxy) is 2. The highest BCUT2D eigenvalue weighted by Gasteiger charge is 2.23. The lowest BCUT2D eigenvalue weighted by Crippen LogP contribution is -2.48. The first kappa shape index (κ1) is 15.7. The molecule has 25 heavy (non-hydrogen) atoms. The summed E-state index contributed by atoms with van der Waals surface area (Å²) in [6.07, 6.45) is 2.28. The van der Waals surface area contributed by atoms with Crippen LogP contribution in [0.25, 0.3) is 0 Å². The summed E-state index contributed by atoms with van der Waals surface area (Å²) in [5, 5.41) is 0. The molecule has 1 aromatic carbocycles. The Morgan fingerprint density at radius 1 is 1.12 bits per heavy atom. The van der Waals surface area contributed by atoms with Gasteiger partial charge in [-0.1, -0.05) is 6.07 Å². The molecule has 1 saturated heterocycles. The fraction of sp³-hybridized carbons (Fsp3) is 0.333. The SMILES string of the molecule is O=Cc1c[nH]c(C(=O)N2CCN(Cc3ccc4c(c3)OCO4)CC2)c1. The molecule has 0 unspecified atom stereocenters. The third-order valence-corrected chi connectivity index (χ3v) is 4.57. The fourth-order valence-electron chi connectivity index (χ4n) is 3.18. The minimum absolute atomic E-state index is 0.0594. The van der Waals surface area contributed by atoms with Gasteiger partial charge in [0.1, 0.15) is 5.69 Å². The van der Waals surface area contributed by atoms with Crippen LogP contribution in [0.15, 0.2) is 30.5 Å². The fourth-order valence-corrected chi connectivity index (χ4v) is 3.18. The van der Waals surface area contributed by atoms with E-state index in [0.717, 1.165) is 37.4 Å². The second-order valence-corrected chi connectivity index (χ2v) is 6.22. The third-order valence-electron chi connectivity index (χ3n) is 4.57. The van der Waals surface area contributed by atoms with Gasteiger partial charge >= 0.3 is 0 Å². The number of fused-ring (bicyclic) bond motifs is 1. The number of carbonyl (C=O) groups is 2. The summed E-state index contributed by atoms with van der Waals surface area (Å²) in [7, 11) is 0. The van der Waals surface area contributed by atoms with E-state index < -0.39 is 0 Å². The van der Waals surface area contributed by atoms with Crippen molar-refractivity contribution in [2.45, 2.75) is 6.54 Å². The molecule has 0 aliphatic carbocycles. The molecule has 1 fully saturated rings. The van der Waals surface area contributed by atoms with Gasteiger partial charge in [0.25, 0.3) is 5.91 Å². The van der Waals surface area contributed by atoms with Crippen molar-refractivity contribution >= 4 is 12.2 Å². The van der Waals surface area contributed by atoms with Gasteiger partial charge in [0.15, 0.2) is 17.8 Å². The molecule has 7 nitrogen and oxygen atoms in total. The maximum Gasteiger partial charge on any atom is 0.270 e. The first-order valence-electron chi connectivity index (χ1n) is 8.27. The smallest absolute Gasteiger partial charge is 0.270 e. The highest BCUT2D eigenvalue weighted by molar-refractivity contribution is 5.94. The van der Waals surface area contributed by atoms with Gasteiger partial charge in [-0.15, -0.1) is 0 Å². The number of piperazine rings is 1. The number of rotatable bonds is 4. The number of H-pyrrole nitrogens is 1. The number of nitrogens with one attached hydrogen (secondary N) is 1. The van der Waals surface area contributed by atoms with Crippen LogP contribution < -0.4 is 9.47 Å². The second-order valence-electron chi connectivity index (χ2n) is 6.22. The van der Waals surface area contributed by atoms with E-state index in [1.807, 2.05) is 23.1 Å². The summed E-state index contributed by atoms with van der Waals surface area (Å²) in [5.41, 5.74) is 2.13. The van der Waals surface area contributed by atoms with Crippen molar-refractivity contribution in [2.24, 2.45) is 0 Å². The number of aromatic nitrogens is 1. The second kappa shape index (κ2) is 6.60. The van der Waals surface area contributed by atoms with Crippen molar-refractivity contribution in [2.75, 3.05) is 33.0 Å². The normalized spacial score (nSPS) is 16.9. The average Bonchev–Trinajstić information content (AvgIpc) is 3.30. The van der Waals surface area contributed by atoms with E-state index in [9.17, 15) is 9.59 Å². The number of aromatic amines is 1. The van der Waals surface area contributed by atoms with E-state index in [2.05, 4.69) is 9.88 Å². The van der Waals surface area contributed by atoms with Gasteiger partial charge in [-0.05, 0) is 23.8 Å². The van der Waals surface area contributed by atoms with Crippen LogP contribution in [-0.4, -0.2) is 59.9 Å². The Morgan fingerprint density at radius 3 is 2.68 bits per heavy atom. The molecule has 7 heteroatoms. The molecular formula is C18H19N3O4. The average molecular weight is 341 g/mol. The highest BCUT2D eigenvalue weighted by atomic mass is 16.7. The molecule has 0 spiro atoms. The van der Waals surface area contributed by atoms with Crippen LogP contribution in [0.1, 0.15) is 26.4 Å². The molecule has 1 aromatic heterocycles. The van der Waals surface area contributed by atoms with Crippen LogP contribution >= 0.6 is 0 Å². The van der Waals surface area contributed by atoms with Crippen LogP contribution in [0, 0.1) is 0 Å². The van der Waals surface area contributed by atoms with Crippen molar-refractivity contribution in [3.63, 3.8) is 0 Å². The molecule has 4 rings (SSSR count). The van der Waals surface area contributed by atoms with Crippen molar-refractivity contribution in [3.8, 4) is 11.5 Å². The summed E-state index contributed by atoms with van der Waals surface area (Å²) in [5.74, 6) is 1.53. The molecule has 0 saturated carbocycles. The van der Waals surface area contributed by atoms with E-state index in [4.69, 9.17) is 9.47 Å². The number of hydrogen-bond donors (Lipinski definition) is 1. The molecule has 1 N–H and O–H groups in total. The van der Waals surface area contributed by atoms with Gasteiger partial charge < -0.3 is 19.4 Å². The zero-order valence-electron chi connectivity index (χ0n) is 13.7. The lowest BCUT2D eigenvalue weighted by molar-refractivity contribution is 0.0623. The minimum atomic E-state index is -0.0594. The van der Waals surface area contributed by atoms with Crippen molar-refractivity contribution in [3.05, 3.63) is 47.3 Å². The Morgan fingerprint density at radius 2 is 1.92 bits per heavy atom. The maximum atomic E-state index is 12.5. The minimum Gasteiger partial charge on any atom is -0.454 e. The largest absolute Gasteiger partial charge is 0.454 e. The highest BCUT2D eigenvalue weighted by Crippen LogP contribution is 2.32. The van der Waals surface area contributed by atoms with Crippen LogP contribution in [0.5, 0.6) is 11.5 Å². The van der Waals surface area contributed by atoms with Gasteiger partial charge in [0.2, 0.25) is 6.79 Å². The first-order valence-corrected chi connectivity index (χ1v) is 8.27. The Balaban J connectivity index is 1.33. The molecule has 2 aliphatic rings. The van der Waals surface area contributed by atoms with Crippen LogP contribution in [0.4, 0.5) is 0 Å². The van der Waals surface area contributed by atoms with E-state index in [1.165, 1.54) is 5.56 Å². The summed E-state index contributed by atoms with van der Waals surface area (Å²) in [4.78, 5) is 30.2. The number of amides is 1. The number of carbonyl (C=O) groups excluding carboxylic acids is 2. The Bertz CT molecular complexity index is 793. The lowest BCUT2D eigenvalue weighted by atomic mass is 10.1. The summed E-state index contributed by atoms with van der Waals surface area (Å²) < 4.78 is 10.7. The van der Waals surface area contributed by atoms with Crippen LogP contribution in [-0.2, 0) is 6.54 Å².